The number of fused-ring (bicyclic) bond motifs is 5. The smallest absolute Gasteiger partial charge is 0.306 e. The summed E-state index contributed by atoms with van der Waals surface area (Å²) >= 11 is 0. The van der Waals surface area contributed by atoms with Crippen molar-refractivity contribution in [3.8, 4) is 0 Å². The van der Waals surface area contributed by atoms with Gasteiger partial charge in [0.15, 0.2) is 0 Å². The Kier molecular flexibility index (Phi) is 8.75. The Bertz CT molecular complexity index is 931. The molecule has 5 fully saturated rings. The Morgan fingerprint density at radius 1 is 0.850 bits per heavy atom. The van der Waals surface area contributed by atoms with Gasteiger partial charge in [0.2, 0.25) is 0 Å². The highest BCUT2D eigenvalue weighted by Crippen LogP contribution is 2.71. The van der Waals surface area contributed by atoms with Gasteiger partial charge in [-0.3, -0.25) is 9.59 Å². The molecule has 4 aliphatic carbocycles. The number of hydrogen-bond donors (Lipinski definition) is 0. The molecule has 0 aromatic rings. The number of carbonyl (C=O) groups is 2. The number of rotatable bonds is 10. The SMILES string of the molecule is CCCC(=O)O[C@H]1CC[C@@]2(C)[C@@H](CC[C@@H]3[C@@H]2CC[C@@]2(C)[C@H]3C[C@H](OC(=O)CCC)[C@@H]2[C@@]2(C)O[C@@H]2CCC(C)C)C1. The third-order valence-corrected chi connectivity index (χ3v) is 12.7. The van der Waals surface area contributed by atoms with Crippen LogP contribution in [0.25, 0.3) is 0 Å². The molecule has 0 spiro atoms. The van der Waals surface area contributed by atoms with E-state index in [0.717, 1.165) is 38.5 Å². The van der Waals surface area contributed by atoms with Crippen molar-refractivity contribution in [2.24, 2.45) is 46.3 Å². The van der Waals surface area contributed by atoms with Gasteiger partial charge < -0.3 is 14.2 Å². The molecule has 0 radical (unpaired) electrons. The molecular weight excluding hydrogens is 500 g/mol. The van der Waals surface area contributed by atoms with Gasteiger partial charge in [-0.1, -0.05) is 41.5 Å². The van der Waals surface area contributed by atoms with Gasteiger partial charge in [0, 0.05) is 18.8 Å². The summed E-state index contributed by atoms with van der Waals surface area (Å²) < 4.78 is 18.9. The summed E-state index contributed by atoms with van der Waals surface area (Å²) in [5, 5.41) is 0. The van der Waals surface area contributed by atoms with E-state index in [4.69, 9.17) is 14.2 Å². The first-order valence-corrected chi connectivity index (χ1v) is 17.0. The van der Waals surface area contributed by atoms with Gasteiger partial charge in [0.1, 0.15) is 12.2 Å². The van der Waals surface area contributed by atoms with Crippen LogP contribution in [0.2, 0.25) is 0 Å². The molecule has 5 rings (SSSR count). The first-order chi connectivity index (χ1) is 19.0. The Morgan fingerprint density at radius 3 is 2.20 bits per heavy atom. The van der Waals surface area contributed by atoms with E-state index in [1.807, 2.05) is 6.92 Å². The number of carbonyl (C=O) groups excluding carboxylic acids is 2. The molecule has 5 nitrogen and oxygen atoms in total. The third kappa shape index (κ3) is 5.39. The van der Waals surface area contributed by atoms with Gasteiger partial charge in [0.05, 0.1) is 11.7 Å². The van der Waals surface area contributed by atoms with E-state index >= 15 is 0 Å². The first-order valence-electron chi connectivity index (χ1n) is 17.0. The minimum Gasteiger partial charge on any atom is -0.462 e. The summed E-state index contributed by atoms with van der Waals surface area (Å²) in [7, 11) is 0. The second-order valence-corrected chi connectivity index (χ2v) is 15.6. The van der Waals surface area contributed by atoms with Gasteiger partial charge in [0.25, 0.3) is 0 Å². The van der Waals surface area contributed by atoms with Crippen molar-refractivity contribution < 1.29 is 23.8 Å². The number of epoxide rings is 1. The van der Waals surface area contributed by atoms with E-state index < -0.39 is 0 Å². The van der Waals surface area contributed by atoms with E-state index in [9.17, 15) is 9.59 Å². The maximum absolute atomic E-state index is 12.9. The average molecular weight is 559 g/mol. The zero-order valence-electron chi connectivity index (χ0n) is 26.6. The van der Waals surface area contributed by atoms with Gasteiger partial charge >= 0.3 is 11.9 Å². The second kappa shape index (κ2) is 11.5. The van der Waals surface area contributed by atoms with E-state index in [1.54, 1.807) is 0 Å². The molecule has 11 atom stereocenters. The highest BCUT2D eigenvalue weighted by Gasteiger charge is 2.71. The van der Waals surface area contributed by atoms with Crippen LogP contribution in [0.5, 0.6) is 0 Å². The van der Waals surface area contributed by atoms with Crippen molar-refractivity contribution in [2.45, 2.75) is 162 Å². The van der Waals surface area contributed by atoms with Gasteiger partial charge in [-0.25, -0.2) is 0 Å². The molecule has 0 aromatic heterocycles. The summed E-state index contributed by atoms with van der Waals surface area (Å²) in [6.07, 6.45) is 14.6. The molecule has 0 aromatic carbocycles. The van der Waals surface area contributed by atoms with Crippen molar-refractivity contribution in [1.82, 2.24) is 0 Å². The monoisotopic (exact) mass is 558 g/mol. The molecular formula is C35H58O5. The van der Waals surface area contributed by atoms with Crippen molar-refractivity contribution in [1.29, 1.82) is 0 Å². The van der Waals surface area contributed by atoms with Crippen molar-refractivity contribution in [3.63, 3.8) is 0 Å². The summed E-state index contributed by atoms with van der Waals surface area (Å²) in [5.74, 6) is 3.55. The number of esters is 2. The zero-order chi connectivity index (χ0) is 28.9. The molecule has 1 heterocycles. The molecule has 228 valence electrons. The van der Waals surface area contributed by atoms with Gasteiger partial charge in [-0.15, -0.1) is 0 Å². The number of ether oxygens (including phenoxy) is 3. The normalized spacial score (nSPS) is 45.8. The average Bonchev–Trinajstić information content (AvgIpc) is 3.43. The molecule has 40 heavy (non-hydrogen) atoms. The van der Waals surface area contributed by atoms with E-state index in [2.05, 4.69) is 41.5 Å². The van der Waals surface area contributed by atoms with Crippen molar-refractivity contribution in [3.05, 3.63) is 0 Å². The van der Waals surface area contributed by atoms with Crippen LogP contribution >= 0.6 is 0 Å². The molecule has 0 N–H and O–H groups in total. The summed E-state index contributed by atoms with van der Waals surface area (Å²) in [4.78, 5) is 25.1. The lowest BCUT2D eigenvalue weighted by Crippen LogP contribution is -2.55. The fourth-order valence-corrected chi connectivity index (χ4v) is 10.7. The Labute approximate surface area is 244 Å². The van der Waals surface area contributed by atoms with Crippen LogP contribution in [0.1, 0.15) is 138 Å². The largest absolute Gasteiger partial charge is 0.462 e. The van der Waals surface area contributed by atoms with Crippen molar-refractivity contribution in [2.75, 3.05) is 0 Å². The highest BCUT2D eigenvalue weighted by molar-refractivity contribution is 5.69. The van der Waals surface area contributed by atoms with Gasteiger partial charge in [-0.2, -0.15) is 0 Å². The molecule has 1 saturated heterocycles. The second-order valence-electron chi connectivity index (χ2n) is 15.6. The Hall–Kier alpha value is -1.10. The fourth-order valence-electron chi connectivity index (χ4n) is 10.7. The molecule has 0 unspecified atom stereocenters. The molecule has 5 aliphatic rings. The van der Waals surface area contributed by atoms with E-state index in [1.165, 1.54) is 38.5 Å². The standard InChI is InChI=1S/C35H58O5/c1-8-10-30(36)38-24-16-18-33(5)23(20-24)13-14-25-26(33)17-19-34(6)27(25)21-28(39-31(37)11-9-2)32(34)35(7)29(40-35)15-12-22(3)4/h22-29,32H,8-21H2,1-7H3/t23-,24-,25+,26-,27-,28-,29+,32-,33-,34-,35-/m0/s1. The topological polar surface area (TPSA) is 65.1 Å². The minimum atomic E-state index is -0.177. The number of hydrogen-bond acceptors (Lipinski definition) is 5. The maximum atomic E-state index is 12.9. The summed E-state index contributed by atoms with van der Waals surface area (Å²) in [6, 6.07) is 0. The first kappa shape index (κ1) is 30.4. The van der Waals surface area contributed by atoms with Crippen molar-refractivity contribution >= 4 is 11.9 Å². The van der Waals surface area contributed by atoms with Crippen LogP contribution in [0.4, 0.5) is 0 Å². The predicted octanol–water partition coefficient (Wildman–Crippen LogP) is 8.27. The quantitative estimate of drug-likeness (QED) is 0.199. The molecule has 1 aliphatic heterocycles. The Morgan fingerprint density at radius 2 is 1.52 bits per heavy atom. The maximum Gasteiger partial charge on any atom is 0.306 e. The van der Waals surface area contributed by atoms with Crippen LogP contribution in [-0.4, -0.2) is 35.9 Å². The van der Waals surface area contributed by atoms with E-state index in [-0.39, 0.29) is 41.1 Å². The zero-order valence-corrected chi connectivity index (χ0v) is 26.6. The molecule has 5 heteroatoms. The van der Waals surface area contributed by atoms with Crippen LogP contribution in [-0.2, 0) is 23.8 Å². The van der Waals surface area contributed by atoms with Crippen LogP contribution in [0, 0.1) is 46.3 Å². The van der Waals surface area contributed by atoms with Crippen LogP contribution in [0.3, 0.4) is 0 Å². The Balaban J connectivity index is 1.35. The fraction of sp³-hybridized carbons (Fsp3) is 0.943. The lowest BCUT2D eigenvalue weighted by atomic mass is 9.44. The van der Waals surface area contributed by atoms with Crippen LogP contribution < -0.4 is 0 Å². The highest BCUT2D eigenvalue weighted by atomic mass is 16.6. The minimum absolute atomic E-state index is 0.0126. The lowest BCUT2D eigenvalue weighted by molar-refractivity contribution is -0.163. The summed E-state index contributed by atoms with van der Waals surface area (Å²) in [5.41, 5.74) is 0.295. The summed E-state index contributed by atoms with van der Waals surface area (Å²) in [6.45, 7) is 16.1. The third-order valence-electron chi connectivity index (χ3n) is 12.7. The molecule has 0 bridgehead atoms. The van der Waals surface area contributed by atoms with Gasteiger partial charge in [-0.05, 0) is 124 Å². The molecule has 4 saturated carbocycles. The molecule has 0 amide bonds. The van der Waals surface area contributed by atoms with Crippen LogP contribution in [0.15, 0.2) is 0 Å². The van der Waals surface area contributed by atoms with E-state index in [0.29, 0.717) is 54.0 Å². The lowest BCUT2D eigenvalue weighted by Gasteiger charge is -2.61. The predicted molar refractivity (Wildman–Crippen MR) is 158 cm³/mol.